The summed E-state index contributed by atoms with van der Waals surface area (Å²) in [6.45, 7) is 2.85. The maximum Gasteiger partial charge on any atom is 0.251 e. The smallest absolute Gasteiger partial charge is 0.251 e. The van der Waals surface area contributed by atoms with Crippen molar-refractivity contribution in [3.05, 3.63) is 51.8 Å². The Balaban J connectivity index is 1.80. The number of carbonyl (C=O) groups is 1. The van der Waals surface area contributed by atoms with E-state index < -0.39 is 0 Å². The van der Waals surface area contributed by atoms with Gasteiger partial charge in [0.2, 0.25) is 0 Å². The third-order valence-electron chi connectivity index (χ3n) is 3.79. The lowest BCUT2D eigenvalue weighted by Crippen LogP contribution is -2.24. The second kappa shape index (κ2) is 5.75. The van der Waals surface area contributed by atoms with Crippen molar-refractivity contribution >= 4 is 17.2 Å². The molecular formula is C16H18N2OS. The van der Waals surface area contributed by atoms with Crippen LogP contribution in [0.4, 0.5) is 0 Å². The predicted octanol–water partition coefficient (Wildman–Crippen LogP) is 3.13. The molecule has 0 radical (unpaired) electrons. The SMILES string of the molecule is Cc1ccc(Cn2ccsc2=NC(=O)C2CCC2)cc1. The number of aromatic nitrogens is 1. The molecular weight excluding hydrogens is 268 g/mol. The highest BCUT2D eigenvalue weighted by atomic mass is 32.1. The highest BCUT2D eigenvalue weighted by Gasteiger charge is 2.24. The average Bonchev–Trinajstić information content (AvgIpc) is 2.77. The van der Waals surface area contributed by atoms with Gasteiger partial charge in [-0.2, -0.15) is 4.99 Å². The summed E-state index contributed by atoms with van der Waals surface area (Å²) in [5, 5.41) is 1.99. The van der Waals surface area contributed by atoms with Gasteiger partial charge in [0.15, 0.2) is 4.80 Å². The van der Waals surface area contributed by atoms with Crippen LogP contribution in [0.5, 0.6) is 0 Å². The van der Waals surface area contributed by atoms with Crippen molar-refractivity contribution in [1.29, 1.82) is 0 Å². The molecule has 1 aromatic carbocycles. The largest absolute Gasteiger partial charge is 0.319 e. The normalized spacial score (nSPS) is 16.1. The Bertz CT molecular complexity index is 662. The maximum atomic E-state index is 12.0. The number of amides is 1. The quantitative estimate of drug-likeness (QED) is 0.853. The second-order valence-corrected chi connectivity index (χ2v) is 6.25. The maximum absolute atomic E-state index is 12.0. The molecule has 0 atom stereocenters. The molecule has 1 aliphatic carbocycles. The minimum atomic E-state index is 0.0522. The Hall–Kier alpha value is -1.68. The lowest BCUT2D eigenvalue weighted by Gasteiger charge is -2.20. The van der Waals surface area contributed by atoms with Crippen LogP contribution in [0.25, 0.3) is 0 Å². The minimum Gasteiger partial charge on any atom is -0.319 e. The number of aryl methyl sites for hydroxylation is 1. The van der Waals surface area contributed by atoms with Crippen molar-refractivity contribution in [2.75, 3.05) is 0 Å². The highest BCUT2D eigenvalue weighted by molar-refractivity contribution is 7.07. The van der Waals surface area contributed by atoms with Crippen LogP contribution in [0, 0.1) is 12.8 Å². The first-order valence-electron chi connectivity index (χ1n) is 7.00. The zero-order valence-electron chi connectivity index (χ0n) is 11.6. The van der Waals surface area contributed by atoms with Gasteiger partial charge < -0.3 is 4.57 Å². The van der Waals surface area contributed by atoms with Crippen LogP contribution in [-0.2, 0) is 11.3 Å². The Labute approximate surface area is 122 Å². The van der Waals surface area contributed by atoms with E-state index >= 15 is 0 Å². The van der Waals surface area contributed by atoms with Gasteiger partial charge in [0, 0.05) is 24.0 Å². The number of benzene rings is 1. The predicted molar refractivity (Wildman–Crippen MR) is 80.5 cm³/mol. The van der Waals surface area contributed by atoms with Crippen molar-refractivity contribution in [1.82, 2.24) is 4.57 Å². The molecule has 104 valence electrons. The fourth-order valence-electron chi connectivity index (χ4n) is 2.24. The summed E-state index contributed by atoms with van der Waals surface area (Å²) in [6, 6.07) is 8.46. The van der Waals surface area contributed by atoms with E-state index in [4.69, 9.17) is 0 Å². The van der Waals surface area contributed by atoms with Gasteiger partial charge in [-0.3, -0.25) is 4.79 Å². The van der Waals surface area contributed by atoms with Gasteiger partial charge in [0.25, 0.3) is 5.91 Å². The van der Waals surface area contributed by atoms with E-state index in [2.05, 4.69) is 36.2 Å². The molecule has 0 bridgehead atoms. The van der Waals surface area contributed by atoms with Crippen molar-refractivity contribution < 1.29 is 4.79 Å². The van der Waals surface area contributed by atoms with Gasteiger partial charge in [-0.05, 0) is 25.3 Å². The Morgan fingerprint density at radius 1 is 1.35 bits per heavy atom. The summed E-state index contributed by atoms with van der Waals surface area (Å²) in [5.41, 5.74) is 2.49. The van der Waals surface area contributed by atoms with Crippen LogP contribution in [0.1, 0.15) is 30.4 Å². The van der Waals surface area contributed by atoms with Crippen molar-refractivity contribution in [3.63, 3.8) is 0 Å². The molecule has 3 nitrogen and oxygen atoms in total. The van der Waals surface area contributed by atoms with Crippen LogP contribution >= 0.6 is 11.3 Å². The van der Waals surface area contributed by atoms with Crippen molar-refractivity contribution in [2.24, 2.45) is 10.9 Å². The van der Waals surface area contributed by atoms with Gasteiger partial charge in [0.1, 0.15) is 0 Å². The molecule has 0 unspecified atom stereocenters. The fraction of sp³-hybridized carbons (Fsp3) is 0.375. The van der Waals surface area contributed by atoms with Gasteiger partial charge in [-0.25, -0.2) is 0 Å². The number of thiazole rings is 1. The average molecular weight is 286 g/mol. The molecule has 0 aliphatic heterocycles. The zero-order chi connectivity index (χ0) is 13.9. The number of nitrogens with zero attached hydrogens (tertiary/aromatic N) is 2. The first-order chi connectivity index (χ1) is 9.72. The van der Waals surface area contributed by atoms with E-state index in [0.29, 0.717) is 0 Å². The van der Waals surface area contributed by atoms with E-state index in [9.17, 15) is 4.79 Å². The summed E-state index contributed by atoms with van der Waals surface area (Å²) >= 11 is 1.53. The van der Waals surface area contributed by atoms with Crippen molar-refractivity contribution in [3.8, 4) is 0 Å². The standard InChI is InChI=1S/C16H18N2OS/c1-12-5-7-13(8-6-12)11-18-9-10-20-16(18)17-15(19)14-3-2-4-14/h5-10,14H,2-4,11H2,1H3. The van der Waals surface area contributed by atoms with Crippen LogP contribution < -0.4 is 4.80 Å². The minimum absolute atomic E-state index is 0.0522. The van der Waals surface area contributed by atoms with Crippen LogP contribution in [0.2, 0.25) is 0 Å². The summed E-state index contributed by atoms with van der Waals surface area (Å²) in [4.78, 5) is 17.1. The van der Waals surface area contributed by atoms with E-state index in [1.807, 2.05) is 16.1 Å². The molecule has 2 aromatic rings. The van der Waals surface area contributed by atoms with E-state index in [1.54, 1.807) is 0 Å². The summed E-state index contributed by atoms with van der Waals surface area (Å²) in [6.07, 6.45) is 5.18. The third kappa shape index (κ3) is 2.90. The van der Waals surface area contributed by atoms with Gasteiger partial charge >= 0.3 is 0 Å². The second-order valence-electron chi connectivity index (χ2n) is 5.38. The molecule has 1 saturated carbocycles. The first kappa shape index (κ1) is 13.3. The van der Waals surface area contributed by atoms with Gasteiger partial charge in [-0.1, -0.05) is 36.2 Å². The van der Waals surface area contributed by atoms with Gasteiger partial charge in [0.05, 0.1) is 0 Å². The summed E-state index contributed by atoms with van der Waals surface area (Å²) in [7, 11) is 0. The Kier molecular flexibility index (Phi) is 3.83. The number of carbonyl (C=O) groups excluding carboxylic acids is 1. The summed E-state index contributed by atoms with van der Waals surface area (Å²) < 4.78 is 2.05. The third-order valence-corrected chi connectivity index (χ3v) is 4.59. The van der Waals surface area contributed by atoms with Crippen LogP contribution in [0.15, 0.2) is 40.8 Å². The molecule has 1 amide bonds. The number of hydrogen-bond acceptors (Lipinski definition) is 2. The lowest BCUT2D eigenvalue weighted by atomic mass is 9.85. The van der Waals surface area contributed by atoms with E-state index in [0.717, 1.165) is 24.2 Å². The van der Waals surface area contributed by atoms with Crippen LogP contribution in [0.3, 0.4) is 0 Å². The summed E-state index contributed by atoms with van der Waals surface area (Å²) in [5.74, 6) is 0.223. The zero-order valence-corrected chi connectivity index (χ0v) is 12.4. The molecule has 0 spiro atoms. The number of hydrogen-bond donors (Lipinski definition) is 0. The molecule has 1 aromatic heterocycles. The molecule has 3 rings (SSSR count). The Morgan fingerprint density at radius 2 is 2.10 bits per heavy atom. The molecule has 0 saturated heterocycles. The van der Waals surface area contributed by atoms with Crippen molar-refractivity contribution in [2.45, 2.75) is 32.7 Å². The van der Waals surface area contributed by atoms with Gasteiger partial charge in [-0.15, -0.1) is 11.3 Å². The van der Waals surface area contributed by atoms with Crippen LogP contribution in [-0.4, -0.2) is 10.5 Å². The van der Waals surface area contributed by atoms with E-state index in [-0.39, 0.29) is 11.8 Å². The topological polar surface area (TPSA) is 34.4 Å². The monoisotopic (exact) mass is 286 g/mol. The molecule has 1 aliphatic rings. The number of rotatable bonds is 3. The highest BCUT2D eigenvalue weighted by Crippen LogP contribution is 2.27. The first-order valence-corrected chi connectivity index (χ1v) is 7.88. The molecule has 4 heteroatoms. The lowest BCUT2D eigenvalue weighted by molar-refractivity contribution is -0.124. The fourth-order valence-corrected chi connectivity index (χ4v) is 2.97. The molecule has 20 heavy (non-hydrogen) atoms. The van der Waals surface area contributed by atoms with E-state index in [1.165, 1.54) is 28.9 Å². The molecule has 0 N–H and O–H groups in total. The molecule has 1 fully saturated rings. The molecule has 1 heterocycles. The Morgan fingerprint density at radius 3 is 2.75 bits per heavy atom.